The molecular weight excluding hydrogens is 363 g/mol. The van der Waals surface area contributed by atoms with Gasteiger partial charge in [0.25, 0.3) is 0 Å². The molecule has 0 aliphatic rings. The third-order valence-corrected chi connectivity index (χ3v) is 5.62. The average molecular weight is 380 g/mol. The highest BCUT2D eigenvalue weighted by atomic mass is 79.9. The molecule has 0 aliphatic carbocycles. The van der Waals surface area contributed by atoms with Gasteiger partial charge < -0.3 is 4.90 Å². The number of hydrogen-bond acceptors (Lipinski definition) is 2. The van der Waals surface area contributed by atoms with Crippen LogP contribution in [0.15, 0.2) is 46.9 Å². The van der Waals surface area contributed by atoms with Gasteiger partial charge in [-0.25, -0.2) is 9.37 Å². The Bertz CT molecular complexity index is 769. The van der Waals surface area contributed by atoms with E-state index in [2.05, 4.69) is 36.0 Å². The zero-order valence-corrected chi connectivity index (χ0v) is 14.8. The van der Waals surface area contributed by atoms with Gasteiger partial charge in [-0.05, 0) is 37.3 Å². The minimum Gasteiger partial charge on any atom is -0.326 e. The fraction of sp³-hybridized carbons (Fsp3) is 0.235. The molecule has 5 heteroatoms. The molecule has 1 N–H and O–H groups in total. The molecule has 2 aromatic carbocycles. The zero-order valence-electron chi connectivity index (χ0n) is 12.4. The van der Waals surface area contributed by atoms with Crippen molar-refractivity contribution in [2.45, 2.75) is 19.5 Å². The SMILES string of the molecule is C[C@H](c1nc2ccccc2s1)[NH+](C)Cc1ccc(Br)cc1F. The molecule has 2 nitrogen and oxygen atoms in total. The Morgan fingerprint density at radius 2 is 2.05 bits per heavy atom. The lowest BCUT2D eigenvalue weighted by Gasteiger charge is -2.20. The largest absolute Gasteiger partial charge is 0.326 e. The van der Waals surface area contributed by atoms with Gasteiger partial charge in [0.15, 0.2) is 5.01 Å². The molecule has 22 heavy (non-hydrogen) atoms. The lowest BCUT2D eigenvalue weighted by Crippen LogP contribution is -3.07. The van der Waals surface area contributed by atoms with E-state index in [1.807, 2.05) is 30.3 Å². The number of nitrogens with zero attached hydrogens (tertiary/aromatic N) is 1. The molecule has 3 aromatic rings. The predicted molar refractivity (Wildman–Crippen MR) is 92.7 cm³/mol. The highest BCUT2D eigenvalue weighted by Crippen LogP contribution is 2.25. The van der Waals surface area contributed by atoms with Crippen LogP contribution < -0.4 is 4.90 Å². The van der Waals surface area contributed by atoms with Crippen molar-refractivity contribution in [3.05, 3.63) is 63.3 Å². The summed E-state index contributed by atoms with van der Waals surface area (Å²) in [6.07, 6.45) is 0. The van der Waals surface area contributed by atoms with E-state index in [9.17, 15) is 4.39 Å². The van der Waals surface area contributed by atoms with Crippen molar-refractivity contribution in [1.82, 2.24) is 4.98 Å². The van der Waals surface area contributed by atoms with E-state index in [1.54, 1.807) is 11.3 Å². The monoisotopic (exact) mass is 379 g/mol. The third kappa shape index (κ3) is 3.21. The lowest BCUT2D eigenvalue weighted by atomic mass is 10.2. The highest BCUT2D eigenvalue weighted by molar-refractivity contribution is 9.10. The summed E-state index contributed by atoms with van der Waals surface area (Å²) in [5, 5.41) is 1.09. The van der Waals surface area contributed by atoms with E-state index in [0.717, 1.165) is 20.6 Å². The van der Waals surface area contributed by atoms with Gasteiger partial charge in [-0.1, -0.05) is 28.1 Å². The van der Waals surface area contributed by atoms with Crippen molar-refractivity contribution in [3.63, 3.8) is 0 Å². The van der Waals surface area contributed by atoms with Gasteiger partial charge in [-0.15, -0.1) is 11.3 Å². The number of para-hydroxylation sites is 1. The van der Waals surface area contributed by atoms with Crippen molar-refractivity contribution < 1.29 is 9.29 Å². The van der Waals surface area contributed by atoms with Gasteiger partial charge >= 0.3 is 0 Å². The first kappa shape index (κ1) is 15.6. The fourth-order valence-electron chi connectivity index (χ4n) is 2.40. The quantitative estimate of drug-likeness (QED) is 0.725. The maximum atomic E-state index is 14.0. The lowest BCUT2D eigenvalue weighted by molar-refractivity contribution is -0.924. The van der Waals surface area contributed by atoms with Gasteiger partial charge in [0.05, 0.1) is 17.3 Å². The van der Waals surface area contributed by atoms with E-state index in [4.69, 9.17) is 4.98 Å². The molecule has 0 saturated heterocycles. The molecule has 2 atom stereocenters. The maximum Gasteiger partial charge on any atom is 0.151 e. The summed E-state index contributed by atoms with van der Waals surface area (Å²) in [6, 6.07) is 13.6. The Morgan fingerprint density at radius 1 is 1.27 bits per heavy atom. The third-order valence-electron chi connectivity index (χ3n) is 3.90. The second-order valence-electron chi connectivity index (χ2n) is 5.50. The van der Waals surface area contributed by atoms with Crippen LogP contribution in [0.2, 0.25) is 0 Å². The summed E-state index contributed by atoms with van der Waals surface area (Å²) in [6.45, 7) is 2.78. The molecule has 0 spiro atoms. The van der Waals surface area contributed by atoms with Crippen LogP contribution in [-0.4, -0.2) is 12.0 Å². The Morgan fingerprint density at radius 3 is 2.77 bits per heavy atom. The highest BCUT2D eigenvalue weighted by Gasteiger charge is 2.21. The minimum atomic E-state index is -0.162. The van der Waals surface area contributed by atoms with Crippen LogP contribution >= 0.6 is 27.3 Å². The molecule has 0 aliphatic heterocycles. The number of aromatic nitrogens is 1. The number of hydrogen-bond donors (Lipinski definition) is 1. The predicted octanol–water partition coefficient (Wildman–Crippen LogP) is 3.97. The van der Waals surface area contributed by atoms with E-state index in [1.165, 1.54) is 15.7 Å². The van der Waals surface area contributed by atoms with Crippen molar-refractivity contribution in [3.8, 4) is 0 Å². The van der Waals surface area contributed by atoms with E-state index < -0.39 is 0 Å². The fourth-order valence-corrected chi connectivity index (χ4v) is 3.85. The molecule has 1 aromatic heterocycles. The van der Waals surface area contributed by atoms with Crippen molar-refractivity contribution in [1.29, 1.82) is 0 Å². The van der Waals surface area contributed by atoms with Gasteiger partial charge in [0, 0.05) is 10.0 Å². The van der Waals surface area contributed by atoms with E-state index >= 15 is 0 Å². The van der Waals surface area contributed by atoms with Crippen LogP contribution in [0.3, 0.4) is 0 Å². The Balaban J connectivity index is 1.80. The Kier molecular flexibility index (Phi) is 4.57. The smallest absolute Gasteiger partial charge is 0.151 e. The summed E-state index contributed by atoms with van der Waals surface area (Å²) >= 11 is 5.01. The molecule has 1 unspecified atom stereocenters. The first-order valence-corrected chi connectivity index (χ1v) is 8.77. The number of thiazole rings is 1. The molecule has 0 fully saturated rings. The van der Waals surface area contributed by atoms with Gasteiger partial charge in [-0.2, -0.15) is 0 Å². The Labute approximate surface area is 141 Å². The minimum absolute atomic E-state index is 0.162. The summed E-state index contributed by atoms with van der Waals surface area (Å²) in [5.74, 6) is -0.162. The maximum absolute atomic E-state index is 14.0. The molecule has 0 radical (unpaired) electrons. The van der Waals surface area contributed by atoms with Crippen molar-refractivity contribution in [2.75, 3.05) is 7.05 Å². The molecular formula is C17H17BrFN2S+. The normalized spacial score (nSPS) is 14.2. The standard InChI is InChI=1S/C17H16BrFN2S/c1-11(17-20-15-5-3-4-6-16(15)22-17)21(2)10-12-7-8-13(18)9-14(12)19/h3-9,11H,10H2,1-2H3/p+1/t11-/m1/s1. The first-order valence-electron chi connectivity index (χ1n) is 7.16. The van der Waals surface area contributed by atoms with Gasteiger partial charge in [0.1, 0.15) is 18.4 Å². The number of rotatable bonds is 4. The summed E-state index contributed by atoms with van der Waals surface area (Å²) in [4.78, 5) is 5.93. The second-order valence-corrected chi connectivity index (χ2v) is 7.48. The molecule has 114 valence electrons. The topological polar surface area (TPSA) is 17.3 Å². The Hall–Kier alpha value is -1.30. The van der Waals surface area contributed by atoms with Crippen LogP contribution in [0.4, 0.5) is 4.39 Å². The average Bonchev–Trinajstić information content (AvgIpc) is 2.93. The van der Waals surface area contributed by atoms with Crippen molar-refractivity contribution in [2.24, 2.45) is 0 Å². The number of nitrogens with one attached hydrogen (secondary N) is 1. The number of quaternary nitrogens is 1. The molecule has 0 amide bonds. The van der Waals surface area contributed by atoms with Gasteiger partial charge in [0.2, 0.25) is 0 Å². The van der Waals surface area contributed by atoms with Crippen LogP contribution in [-0.2, 0) is 6.54 Å². The molecule has 3 rings (SSSR count). The second kappa shape index (κ2) is 6.44. The number of fused-ring (bicyclic) bond motifs is 1. The summed E-state index contributed by atoms with van der Waals surface area (Å²) in [7, 11) is 2.08. The van der Waals surface area contributed by atoms with Crippen LogP contribution in [0.1, 0.15) is 23.5 Å². The molecule has 0 bridgehead atoms. The molecule has 0 saturated carbocycles. The summed E-state index contributed by atoms with van der Waals surface area (Å²) < 4.78 is 16.0. The first-order chi connectivity index (χ1) is 10.5. The van der Waals surface area contributed by atoms with Crippen LogP contribution in [0.25, 0.3) is 10.2 Å². The van der Waals surface area contributed by atoms with Crippen LogP contribution in [0, 0.1) is 5.82 Å². The van der Waals surface area contributed by atoms with Crippen LogP contribution in [0.5, 0.6) is 0 Å². The molecule has 1 heterocycles. The summed E-state index contributed by atoms with van der Waals surface area (Å²) in [5.41, 5.74) is 1.77. The van der Waals surface area contributed by atoms with E-state index in [-0.39, 0.29) is 11.9 Å². The van der Waals surface area contributed by atoms with Crippen molar-refractivity contribution >= 4 is 37.5 Å². The van der Waals surface area contributed by atoms with E-state index in [0.29, 0.717) is 6.54 Å². The number of benzene rings is 2. The van der Waals surface area contributed by atoms with Gasteiger partial charge in [-0.3, -0.25) is 0 Å². The zero-order chi connectivity index (χ0) is 15.7. The number of halogens is 2.